The standard InChI is InChI=1S/C14H25N3S2/c1-5-11-6-12(17(4)16-11)7-13(15)14-8-18-9(2)10(3)19-14/h6,9-10,13-14H,5,7-8,15H2,1-4H3. The molecule has 0 aliphatic carbocycles. The first-order valence-corrected chi connectivity index (χ1v) is 9.04. The van der Waals surface area contributed by atoms with Crippen molar-refractivity contribution in [1.29, 1.82) is 0 Å². The monoisotopic (exact) mass is 299 g/mol. The summed E-state index contributed by atoms with van der Waals surface area (Å²) >= 11 is 4.13. The molecule has 5 heteroatoms. The lowest BCUT2D eigenvalue weighted by atomic mass is 10.1. The lowest BCUT2D eigenvalue weighted by Crippen LogP contribution is -2.41. The van der Waals surface area contributed by atoms with Crippen molar-refractivity contribution in [3.8, 4) is 0 Å². The van der Waals surface area contributed by atoms with E-state index in [9.17, 15) is 0 Å². The van der Waals surface area contributed by atoms with Crippen molar-refractivity contribution in [1.82, 2.24) is 9.78 Å². The highest BCUT2D eigenvalue weighted by molar-refractivity contribution is 8.07. The molecule has 2 N–H and O–H groups in total. The zero-order valence-electron chi connectivity index (χ0n) is 12.3. The van der Waals surface area contributed by atoms with Crippen LogP contribution in [0, 0.1) is 0 Å². The number of hydrogen-bond donors (Lipinski definition) is 1. The van der Waals surface area contributed by atoms with Gasteiger partial charge < -0.3 is 5.73 Å². The van der Waals surface area contributed by atoms with Crippen LogP contribution in [-0.2, 0) is 19.9 Å². The molecule has 0 bridgehead atoms. The van der Waals surface area contributed by atoms with Gasteiger partial charge in [0.05, 0.1) is 5.69 Å². The first kappa shape index (κ1) is 15.3. The van der Waals surface area contributed by atoms with Gasteiger partial charge in [-0.3, -0.25) is 4.68 Å². The Hall–Kier alpha value is -0.130. The molecule has 0 radical (unpaired) electrons. The van der Waals surface area contributed by atoms with E-state index in [0.29, 0.717) is 10.5 Å². The van der Waals surface area contributed by atoms with Crippen molar-refractivity contribution in [3.05, 3.63) is 17.5 Å². The van der Waals surface area contributed by atoms with Gasteiger partial charge in [0.15, 0.2) is 0 Å². The van der Waals surface area contributed by atoms with E-state index in [1.807, 2.05) is 11.7 Å². The summed E-state index contributed by atoms with van der Waals surface area (Å²) in [5, 5.41) is 6.52. The van der Waals surface area contributed by atoms with Crippen LogP contribution in [0.25, 0.3) is 0 Å². The minimum absolute atomic E-state index is 0.229. The molecule has 1 aromatic heterocycles. The number of hydrogen-bond acceptors (Lipinski definition) is 4. The molecule has 1 fully saturated rings. The highest BCUT2D eigenvalue weighted by Gasteiger charge is 2.30. The number of rotatable bonds is 4. The van der Waals surface area contributed by atoms with Gasteiger partial charge in [-0.05, 0) is 12.5 Å². The predicted octanol–water partition coefficient (Wildman–Crippen LogP) is 2.48. The van der Waals surface area contributed by atoms with Crippen molar-refractivity contribution < 1.29 is 0 Å². The summed E-state index contributed by atoms with van der Waals surface area (Å²) < 4.78 is 1.99. The number of aromatic nitrogens is 2. The Morgan fingerprint density at radius 2 is 2.21 bits per heavy atom. The fourth-order valence-corrected chi connectivity index (χ4v) is 5.40. The largest absolute Gasteiger partial charge is 0.326 e. The van der Waals surface area contributed by atoms with Crippen molar-refractivity contribution in [3.63, 3.8) is 0 Å². The molecule has 19 heavy (non-hydrogen) atoms. The number of aryl methyl sites for hydroxylation is 2. The van der Waals surface area contributed by atoms with Gasteiger partial charge in [0.1, 0.15) is 0 Å². The van der Waals surface area contributed by atoms with E-state index < -0.39 is 0 Å². The van der Waals surface area contributed by atoms with Crippen LogP contribution >= 0.6 is 23.5 Å². The molecular formula is C14H25N3S2. The van der Waals surface area contributed by atoms with E-state index in [1.165, 1.54) is 11.4 Å². The zero-order valence-corrected chi connectivity index (χ0v) is 13.9. The highest BCUT2D eigenvalue weighted by atomic mass is 32.2. The second kappa shape index (κ2) is 6.55. The van der Waals surface area contributed by atoms with Crippen LogP contribution in [-0.4, -0.2) is 37.3 Å². The van der Waals surface area contributed by atoms with Crippen LogP contribution in [0.1, 0.15) is 32.2 Å². The number of nitrogens with zero attached hydrogens (tertiary/aromatic N) is 2. The van der Waals surface area contributed by atoms with Crippen molar-refractivity contribution in [2.75, 3.05) is 5.75 Å². The van der Waals surface area contributed by atoms with E-state index in [1.54, 1.807) is 0 Å². The quantitative estimate of drug-likeness (QED) is 0.927. The summed E-state index contributed by atoms with van der Waals surface area (Å²) in [6, 6.07) is 2.43. The Morgan fingerprint density at radius 1 is 1.47 bits per heavy atom. The third kappa shape index (κ3) is 3.70. The van der Waals surface area contributed by atoms with Crippen LogP contribution in [0.5, 0.6) is 0 Å². The molecule has 1 aromatic rings. The Bertz CT molecular complexity index is 419. The average Bonchev–Trinajstić information content (AvgIpc) is 2.73. The maximum atomic E-state index is 6.43. The first-order valence-electron chi connectivity index (χ1n) is 7.05. The van der Waals surface area contributed by atoms with Gasteiger partial charge in [-0.2, -0.15) is 28.6 Å². The summed E-state index contributed by atoms with van der Waals surface area (Å²) in [6.45, 7) is 6.78. The normalized spacial score (nSPS) is 29.4. The van der Waals surface area contributed by atoms with Gasteiger partial charge >= 0.3 is 0 Å². The molecule has 4 atom stereocenters. The van der Waals surface area contributed by atoms with Crippen molar-refractivity contribution >= 4 is 23.5 Å². The molecule has 2 rings (SSSR count). The Kier molecular flexibility index (Phi) is 5.26. The van der Waals surface area contributed by atoms with Gasteiger partial charge in [-0.15, -0.1) is 0 Å². The molecule has 2 heterocycles. The summed E-state index contributed by atoms with van der Waals surface area (Å²) in [7, 11) is 2.02. The SMILES string of the molecule is CCc1cc(CC(N)C2CSC(C)C(C)S2)n(C)n1. The average molecular weight is 300 g/mol. The predicted molar refractivity (Wildman–Crippen MR) is 87.0 cm³/mol. The zero-order chi connectivity index (χ0) is 14.0. The summed E-state index contributed by atoms with van der Waals surface area (Å²) in [5.74, 6) is 1.18. The first-order chi connectivity index (χ1) is 9.01. The molecule has 1 saturated heterocycles. The molecule has 0 aromatic carbocycles. The molecule has 0 amide bonds. The fourth-order valence-electron chi connectivity index (χ4n) is 2.34. The molecule has 3 nitrogen and oxygen atoms in total. The van der Waals surface area contributed by atoms with Crippen LogP contribution in [0.2, 0.25) is 0 Å². The molecule has 1 aliphatic rings. The van der Waals surface area contributed by atoms with E-state index >= 15 is 0 Å². The van der Waals surface area contributed by atoms with E-state index in [2.05, 4.69) is 55.5 Å². The highest BCUT2D eigenvalue weighted by Crippen LogP contribution is 2.37. The lowest BCUT2D eigenvalue weighted by Gasteiger charge is -2.34. The van der Waals surface area contributed by atoms with Gasteiger partial charge in [-0.1, -0.05) is 20.8 Å². The third-order valence-electron chi connectivity index (χ3n) is 3.89. The molecular weight excluding hydrogens is 274 g/mol. The van der Waals surface area contributed by atoms with Crippen molar-refractivity contribution in [2.24, 2.45) is 12.8 Å². The minimum atomic E-state index is 0.229. The Labute approximate surface area is 125 Å². The van der Waals surface area contributed by atoms with Crippen LogP contribution in [0.15, 0.2) is 6.07 Å². The molecule has 0 spiro atoms. The van der Waals surface area contributed by atoms with E-state index in [4.69, 9.17) is 5.73 Å². The summed E-state index contributed by atoms with van der Waals surface area (Å²) in [6.07, 6.45) is 1.93. The molecule has 1 aliphatic heterocycles. The van der Waals surface area contributed by atoms with E-state index in [-0.39, 0.29) is 6.04 Å². The third-order valence-corrected chi connectivity index (χ3v) is 7.46. The van der Waals surface area contributed by atoms with Gasteiger partial charge in [-0.25, -0.2) is 0 Å². The van der Waals surface area contributed by atoms with Crippen LogP contribution < -0.4 is 5.73 Å². The second-order valence-electron chi connectivity index (χ2n) is 5.39. The minimum Gasteiger partial charge on any atom is -0.326 e. The van der Waals surface area contributed by atoms with Crippen molar-refractivity contribution in [2.45, 2.75) is 55.4 Å². The van der Waals surface area contributed by atoms with Gasteiger partial charge in [0.25, 0.3) is 0 Å². The van der Waals surface area contributed by atoms with Gasteiger partial charge in [0.2, 0.25) is 0 Å². The Balaban J connectivity index is 1.96. The van der Waals surface area contributed by atoms with Crippen LogP contribution in [0.4, 0.5) is 0 Å². The summed E-state index contributed by atoms with van der Waals surface area (Å²) in [5.41, 5.74) is 8.86. The number of thioether (sulfide) groups is 2. The smallest absolute Gasteiger partial charge is 0.0624 e. The van der Waals surface area contributed by atoms with Gasteiger partial charge in [0, 0.05) is 46.7 Å². The summed E-state index contributed by atoms with van der Waals surface area (Å²) in [4.78, 5) is 0. The topological polar surface area (TPSA) is 43.8 Å². The second-order valence-corrected chi connectivity index (χ2v) is 8.42. The maximum Gasteiger partial charge on any atom is 0.0624 e. The molecule has 4 unspecified atom stereocenters. The fraction of sp³-hybridized carbons (Fsp3) is 0.786. The molecule has 108 valence electrons. The van der Waals surface area contributed by atoms with E-state index in [0.717, 1.165) is 23.8 Å². The lowest BCUT2D eigenvalue weighted by molar-refractivity contribution is 0.608. The van der Waals surface area contributed by atoms with Crippen LogP contribution in [0.3, 0.4) is 0 Å². The Morgan fingerprint density at radius 3 is 2.79 bits per heavy atom. The maximum absolute atomic E-state index is 6.43. The molecule has 0 saturated carbocycles. The number of nitrogens with two attached hydrogens (primary N) is 1.